The van der Waals surface area contributed by atoms with Crippen molar-refractivity contribution in [1.82, 2.24) is 0 Å². The number of anilines is 1. The SMILES string of the molecule is COC1CN(c2cc(Cl)ccc2C(=N)N)CC1OC. The highest BCUT2D eigenvalue weighted by atomic mass is 35.5. The zero-order valence-electron chi connectivity index (χ0n) is 11.0. The van der Waals surface area contributed by atoms with Crippen LogP contribution >= 0.6 is 11.6 Å². The molecule has 19 heavy (non-hydrogen) atoms. The molecule has 1 aromatic carbocycles. The van der Waals surface area contributed by atoms with Crippen LogP contribution in [0.3, 0.4) is 0 Å². The van der Waals surface area contributed by atoms with E-state index in [0.29, 0.717) is 23.7 Å². The molecule has 1 aliphatic heterocycles. The summed E-state index contributed by atoms with van der Waals surface area (Å²) in [5.41, 5.74) is 7.14. The van der Waals surface area contributed by atoms with Gasteiger partial charge in [0, 0.05) is 43.6 Å². The molecule has 0 amide bonds. The molecule has 3 N–H and O–H groups in total. The molecule has 2 rings (SSSR count). The largest absolute Gasteiger partial charge is 0.384 e. The lowest BCUT2D eigenvalue weighted by Crippen LogP contribution is -2.27. The van der Waals surface area contributed by atoms with E-state index in [1.165, 1.54) is 0 Å². The lowest BCUT2D eigenvalue weighted by atomic mass is 10.1. The van der Waals surface area contributed by atoms with Crippen LogP contribution in [0.2, 0.25) is 5.02 Å². The minimum atomic E-state index is 0.00351. The highest BCUT2D eigenvalue weighted by Crippen LogP contribution is 2.29. The molecule has 1 aromatic rings. The molecule has 6 heteroatoms. The van der Waals surface area contributed by atoms with Crippen LogP contribution in [-0.2, 0) is 9.47 Å². The number of nitrogens with zero attached hydrogens (tertiary/aromatic N) is 1. The van der Waals surface area contributed by atoms with Crippen molar-refractivity contribution in [1.29, 1.82) is 5.41 Å². The van der Waals surface area contributed by atoms with E-state index in [-0.39, 0.29) is 18.0 Å². The maximum Gasteiger partial charge on any atom is 0.124 e. The first kappa shape index (κ1) is 14.1. The number of nitrogen functional groups attached to an aromatic ring is 1. The highest BCUT2D eigenvalue weighted by molar-refractivity contribution is 6.31. The average molecular weight is 284 g/mol. The predicted molar refractivity (Wildman–Crippen MR) is 76.3 cm³/mol. The molecule has 1 fully saturated rings. The number of benzene rings is 1. The Labute approximate surface area is 117 Å². The van der Waals surface area contributed by atoms with Gasteiger partial charge in [0.05, 0.1) is 0 Å². The van der Waals surface area contributed by atoms with E-state index < -0.39 is 0 Å². The van der Waals surface area contributed by atoms with Gasteiger partial charge in [-0.05, 0) is 18.2 Å². The number of ether oxygens (including phenoxy) is 2. The summed E-state index contributed by atoms with van der Waals surface area (Å²) in [6.45, 7) is 1.38. The van der Waals surface area contributed by atoms with Crippen molar-refractivity contribution in [2.24, 2.45) is 5.73 Å². The molecular formula is C13H18ClN3O2. The Morgan fingerprint density at radius 1 is 1.32 bits per heavy atom. The van der Waals surface area contributed by atoms with Gasteiger partial charge in [0.2, 0.25) is 0 Å². The third kappa shape index (κ3) is 2.83. The minimum Gasteiger partial charge on any atom is -0.384 e. The molecule has 0 spiro atoms. The highest BCUT2D eigenvalue weighted by Gasteiger charge is 2.34. The molecule has 104 valence electrons. The zero-order valence-corrected chi connectivity index (χ0v) is 11.8. The topological polar surface area (TPSA) is 71.6 Å². The summed E-state index contributed by atoms with van der Waals surface area (Å²) < 4.78 is 10.8. The van der Waals surface area contributed by atoms with Crippen LogP contribution in [0.4, 0.5) is 5.69 Å². The maximum absolute atomic E-state index is 7.65. The Morgan fingerprint density at radius 3 is 2.37 bits per heavy atom. The quantitative estimate of drug-likeness (QED) is 0.648. The Kier molecular flexibility index (Phi) is 4.29. The van der Waals surface area contributed by atoms with Gasteiger partial charge in [-0.15, -0.1) is 0 Å². The fourth-order valence-electron chi connectivity index (χ4n) is 2.39. The van der Waals surface area contributed by atoms with Gasteiger partial charge in [-0.25, -0.2) is 0 Å². The summed E-state index contributed by atoms with van der Waals surface area (Å²) in [6, 6.07) is 5.32. The van der Waals surface area contributed by atoms with Gasteiger partial charge in [-0.1, -0.05) is 11.6 Å². The van der Waals surface area contributed by atoms with E-state index >= 15 is 0 Å². The van der Waals surface area contributed by atoms with Crippen LogP contribution in [0.5, 0.6) is 0 Å². The van der Waals surface area contributed by atoms with Crippen LogP contribution < -0.4 is 10.6 Å². The molecule has 1 aliphatic rings. The third-order valence-corrected chi connectivity index (χ3v) is 3.65. The Balaban J connectivity index is 2.32. The summed E-state index contributed by atoms with van der Waals surface area (Å²) in [7, 11) is 3.34. The Bertz CT molecular complexity index is 469. The van der Waals surface area contributed by atoms with Gasteiger partial charge in [0.15, 0.2) is 0 Å². The normalized spacial score (nSPS) is 22.8. The second-order valence-corrected chi connectivity index (χ2v) is 4.96. The fraction of sp³-hybridized carbons (Fsp3) is 0.462. The fourth-order valence-corrected chi connectivity index (χ4v) is 2.55. The first-order chi connectivity index (χ1) is 9.06. The number of nitrogens with one attached hydrogen (secondary N) is 1. The third-order valence-electron chi connectivity index (χ3n) is 3.41. The zero-order chi connectivity index (χ0) is 14.0. The number of amidine groups is 1. The molecule has 0 bridgehead atoms. The van der Waals surface area contributed by atoms with Crippen LogP contribution in [0.1, 0.15) is 5.56 Å². The molecule has 0 saturated carbocycles. The predicted octanol–water partition coefficient (Wildman–Crippen LogP) is 1.47. The van der Waals surface area contributed by atoms with Crippen molar-refractivity contribution in [3.8, 4) is 0 Å². The molecule has 2 atom stereocenters. The lowest BCUT2D eigenvalue weighted by Gasteiger charge is -2.21. The molecule has 1 heterocycles. The first-order valence-electron chi connectivity index (χ1n) is 6.01. The van der Waals surface area contributed by atoms with Gasteiger partial charge < -0.3 is 20.1 Å². The van der Waals surface area contributed by atoms with Gasteiger partial charge in [0.25, 0.3) is 0 Å². The summed E-state index contributed by atoms with van der Waals surface area (Å²) in [5, 5.41) is 8.27. The number of nitrogens with two attached hydrogens (primary N) is 1. The van der Waals surface area contributed by atoms with Gasteiger partial charge in [0.1, 0.15) is 18.0 Å². The molecule has 2 unspecified atom stereocenters. The van der Waals surface area contributed by atoms with Crippen LogP contribution in [0, 0.1) is 5.41 Å². The minimum absolute atomic E-state index is 0.00351. The lowest BCUT2D eigenvalue weighted by molar-refractivity contribution is -0.00461. The van der Waals surface area contributed by atoms with Gasteiger partial charge in [-0.2, -0.15) is 0 Å². The maximum atomic E-state index is 7.65. The van der Waals surface area contributed by atoms with E-state index in [1.54, 1.807) is 26.4 Å². The van der Waals surface area contributed by atoms with E-state index in [9.17, 15) is 0 Å². The van der Waals surface area contributed by atoms with Crippen molar-refractivity contribution in [2.45, 2.75) is 12.2 Å². The van der Waals surface area contributed by atoms with Crippen LogP contribution in [0.25, 0.3) is 0 Å². The van der Waals surface area contributed by atoms with Crippen LogP contribution in [0.15, 0.2) is 18.2 Å². The van der Waals surface area contributed by atoms with E-state index in [4.69, 9.17) is 32.2 Å². The van der Waals surface area contributed by atoms with E-state index in [1.807, 2.05) is 6.07 Å². The van der Waals surface area contributed by atoms with Crippen molar-refractivity contribution in [2.75, 3.05) is 32.2 Å². The number of methoxy groups -OCH3 is 2. The first-order valence-corrected chi connectivity index (χ1v) is 6.39. The van der Waals surface area contributed by atoms with E-state index in [2.05, 4.69) is 4.90 Å². The number of halogens is 1. The second kappa shape index (κ2) is 5.77. The smallest absolute Gasteiger partial charge is 0.124 e. The molecule has 0 aromatic heterocycles. The monoisotopic (exact) mass is 283 g/mol. The van der Waals surface area contributed by atoms with Crippen molar-refractivity contribution in [3.63, 3.8) is 0 Å². The van der Waals surface area contributed by atoms with E-state index in [0.717, 1.165) is 5.69 Å². The van der Waals surface area contributed by atoms with Crippen molar-refractivity contribution in [3.05, 3.63) is 28.8 Å². The van der Waals surface area contributed by atoms with Crippen molar-refractivity contribution >= 4 is 23.1 Å². The Hall–Kier alpha value is -1.30. The summed E-state index contributed by atoms with van der Waals surface area (Å²) in [5.74, 6) is 0.0292. The number of rotatable bonds is 4. The van der Waals surface area contributed by atoms with Crippen LogP contribution in [-0.4, -0.2) is 45.4 Å². The number of hydrogen-bond acceptors (Lipinski definition) is 4. The summed E-state index contributed by atoms with van der Waals surface area (Å²) in [4.78, 5) is 2.09. The standard InChI is InChI=1S/C13H18ClN3O2/c1-18-11-6-17(7-12(11)19-2)10-5-8(14)3-4-9(10)13(15)16/h3-5,11-12H,6-7H2,1-2H3,(H3,15,16). The molecular weight excluding hydrogens is 266 g/mol. The second-order valence-electron chi connectivity index (χ2n) is 4.53. The summed E-state index contributed by atoms with van der Waals surface area (Å²) >= 11 is 6.04. The summed E-state index contributed by atoms with van der Waals surface area (Å²) in [6.07, 6.45) is 0.00702. The number of hydrogen-bond donors (Lipinski definition) is 2. The molecule has 0 radical (unpaired) electrons. The molecule has 5 nitrogen and oxygen atoms in total. The van der Waals surface area contributed by atoms with Crippen molar-refractivity contribution < 1.29 is 9.47 Å². The van der Waals surface area contributed by atoms with Gasteiger partial charge in [-0.3, -0.25) is 5.41 Å². The Morgan fingerprint density at radius 2 is 1.89 bits per heavy atom. The average Bonchev–Trinajstić information content (AvgIpc) is 2.81. The molecule has 1 saturated heterocycles. The van der Waals surface area contributed by atoms with Gasteiger partial charge >= 0.3 is 0 Å². The molecule has 0 aliphatic carbocycles.